The van der Waals surface area contributed by atoms with E-state index in [1.165, 1.54) is 0 Å². The van der Waals surface area contributed by atoms with Crippen molar-refractivity contribution in [1.29, 1.82) is 0 Å². The second-order valence-corrected chi connectivity index (χ2v) is 4.00. The van der Waals surface area contributed by atoms with Crippen LogP contribution in [0.15, 0.2) is 54.6 Å². The molecule has 0 aliphatic heterocycles. The Labute approximate surface area is 106 Å². The Morgan fingerprint density at radius 3 is 1.82 bits per heavy atom. The van der Waals surface area contributed by atoms with E-state index in [9.17, 15) is 0 Å². The molecule has 2 aromatic carbocycles. The Morgan fingerprint density at radius 1 is 0.941 bits per heavy atom. The molecule has 0 fully saturated rings. The van der Waals surface area contributed by atoms with E-state index in [2.05, 4.69) is 0 Å². The highest BCUT2D eigenvalue weighted by atomic mass is 35.5. The number of hydrogen-bond donors (Lipinski definition) is 2. The van der Waals surface area contributed by atoms with Crippen molar-refractivity contribution in [2.45, 2.75) is 13.0 Å². The van der Waals surface area contributed by atoms with E-state index < -0.39 is 0 Å². The maximum atomic E-state index is 9.02. The van der Waals surface area contributed by atoms with E-state index in [1.54, 1.807) is 31.2 Å². The highest BCUT2D eigenvalue weighted by Gasteiger charge is 1.95. The first-order valence-corrected chi connectivity index (χ1v) is 5.65. The van der Waals surface area contributed by atoms with Gasteiger partial charge in [0.15, 0.2) is 0 Å². The topological polar surface area (TPSA) is 40.5 Å². The number of rotatable bonds is 1. The molecule has 3 heteroatoms. The minimum Gasteiger partial charge on any atom is -0.508 e. The van der Waals surface area contributed by atoms with Crippen LogP contribution < -0.4 is 0 Å². The van der Waals surface area contributed by atoms with Crippen molar-refractivity contribution in [2.75, 3.05) is 0 Å². The summed E-state index contributed by atoms with van der Waals surface area (Å²) >= 11 is 5.50. The van der Waals surface area contributed by atoms with Crippen LogP contribution in [0, 0.1) is 0 Å². The standard InChI is InChI=1S/C8H10O.C6H5ClO/c1-7(9)8-5-3-2-4-6-8;7-5-1-3-6(8)4-2-5/h2-7,9H,1H3;1-4,8H. The SMILES string of the molecule is CC(O)c1ccccc1.Oc1ccc(Cl)cc1. The van der Waals surface area contributed by atoms with Crippen LogP contribution in [0.4, 0.5) is 0 Å². The van der Waals surface area contributed by atoms with Crippen molar-refractivity contribution in [3.8, 4) is 5.75 Å². The van der Waals surface area contributed by atoms with Crippen LogP contribution in [0.3, 0.4) is 0 Å². The van der Waals surface area contributed by atoms with Crippen LogP contribution >= 0.6 is 11.6 Å². The van der Waals surface area contributed by atoms with Crippen LogP contribution in [-0.4, -0.2) is 10.2 Å². The third kappa shape index (κ3) is 5.38. The van der Waals surface area contributed by atoms with Crippen LogP contribution in [0.2, 0.25) is 5.02 Å². The van der Waals surface area contributed by atoms with Crippen LogP contribution in [0.1, 0.15) is 18.6 Å². The number of aromatic hydroxyl groups is 1. The molecule has 0 heterocycles. The molecule has 1 unspecified atom stereocenters. The molecule has 2 nitrogen and oxygen atoms in total. The van der Waals surface area contributed by atoms with Crippen molar-refractivity contribution in [2.24, 2.45) is 0 Å². The minimum atomic E-state index is -0.341. The molecule has 1 atom stereocenters. The van der Waals surface area contributed by atoms with Crippen molar-refractivity contribution in [3.05, 3.63) is 65.2 Å². The molecule has 0 saturated carbocycles. The van der Waals surface area contributed by atoms with Crippen molar-refractivity contribution in [3.63, 3.8) is 0 Å². The van der Waals surface area contributed by atoms with Gasteiger partial charge in [0.25, 0.3) is 0 Å². The smallest absolute Gasteiger partial charge is 0.115 e. The quantitative estimate of drug-likeness (QED) is 0.809. The number of halogens is 1. The Kier molecular flexibility index (Phi) is 5.53. The summed E-state index contributed by atoms with van der Waals surface area (Å²) in [5.74, 6) is 0.245. The molecule has 17 heavy (non-hydrogen) atoms. The first-order valence-electron chi connectivity index (χ1n) is 5.27. The molecule has 0 saturated heterocycles. The molecule has 2 rings (SSSR count). The zero-order valence-electron chi connectivity index (χ0n) is 9.55. The van der Waals surface area contributed by atoms with Gasteiger partial charge in [-0.3, -0.25) is 0 Å². The summed E-state index contributed by atoms with van der Waals surface area (Å²) in [6.07, 6.45) is -0.341. The second kappa shape index (κ2) is 6.94. The van der Waals surface area contributed by atoms with E-state index >= 15 is 0 Å². The van der Waals surface area contributed by atoms with Gasteiger partial charge >= 0.3 is 0 Å². The van der Waals surface area contributed by atoms with Gasteiger partial charge in [0.2, 0.25) is 0 Å². The Balaban J connectivity index is 0.000000171. The molecule has 0 aliphatic carbocycles. The molecule has 0 radical (unpaired) electrons. The van der Waals surface area contributed by atoms with Crippen LogP contribution in [-0.2, 0) is 0 Å². The highest BCUT2D eigenvalue weighted by Crippen LogP contribution is 2.12. The number of phenols is 1. The number of phenolic OH excluding ortho intramolecular Hbond substituents is 1. The summed E-state index contributed by atoms with van der Waals surface area (Å²) in [5, 5.41) is 18.4. The Bertz CT molecular complexity index is 403. The fourth-order valence-electron chi connectivity index (χ4n) is 1.17. The molecule has 0 amide bonds. The van der Waals surface area contributed by atoms with Gasteiger partial charge in [-0.2, -0.15) is 0 Å². The molecule has 0 bridgehead atoms. The zero-order valence-corrected chi connectivity index (χ0v) is 10.3. The molecule has 0 spiro atoms. The first-order chi connectivity index (χ1) is 8.09. The van der Waals surface area contributed by atoms with Crippen LogP contribution in [0.25, 0.3) is 0 Å². The van der Waals surface area contributed by atoms with Gasteiger partial charge in [-0.05, 0) is 36.8 Å². The van der Waals surface area contributed by atoms with Gasteiger partial charge in [-0.25, -0.2) is 0 Å². The predicted octanol–water partition coefficient (Wildman–Crippen LogP) is 3.79. The van der Waals surface area contributed by atoms with Gasteiger partial charge in [-0.1, -0.05) is 41.9 Å². The van der Waals surface area contributed by atoms with E-state index in [0.717, 1.165) is 5.56 Å². The summed E-state index contributed by atoms with van der Waals surface area (Å²) in [4.78, 5) is 0. The summed E-state index contributed by atoms with van der Waals surface area (Å²) in [6, 6.07) is 15.9. The predicted molar refractivity (Wildman–Crippen MR) is 70.2 cm³/mol. The zero-order chi connectivity index (χ0) is 12.7. The first kappa shape index (κ1) is 13.6. The average molecular weight is 251 g/mol. The molecule has 0 aliphatic rings. The van der Waals surface area contributed by atoms with Gasteiger partial charge in [0, 0.05) is 5.02 Å². The number of aliphatic hydroxyl groups excluding tert-OH is 1. The monoisotopic (exact) mass is 250 g/mol. The summed E-state index contributed by atoms with van der Waals surface area (Å²) < 4.78 is 0. The van der Waals surface area contributed by atoms with Gasteiger partial charge in [0.05, 0.1) is 6.10 Å². The molecular formula is C14H15ClO2. The molecular weight excluding hydrogens is 236 g/mol. The lowest BCUT2D eigenvalue weighted by Gasteiger charge is -2.00. The lowest BCUT2D eigenvalue weighted by molar-refractivity contribution is 0.199. The van der Waals surface area contributed by atoms with Crippen molar-refractivity contribution < 1.29 is 10.2 Å². The maximum absolute atomic E-state index is 9.02. The molecule has 0 aromatic heterocycles. The summed E-state index contributed by atoms with van der Waals surface area (Å²) in [5.41, 5.74) is 0.970. The maximum Gasteiger partial charge on any atom is 0.115 e. The van der Waals surface area contributed by atoms with E-state index in [1.807, 2.05) is 30.3 Å². The lowest BCUT2D eigenvalue weighted by Crippen LogP contribution is -1.87. The number of hydrogen-bond acceptors (Lipinski definition) is 2. The highest BCUT2D eigenvalue weighted by molar-refractivity contribution is 6.30. The fourth-order valence-corrected chi connectivity index (χ4v) is 1.30. The summed E-state index contributed by atoms with van der Waals surface area (Å²) in [6.45, 7) is 1.76. The normalized spacial score (nSPS) is 11.2. The second-order valence-electron chi connectivity index (χ2n) is 3.56. The Hall–Kier alpha value is -1.51. The lowest BCUT2D eigenvalue weighted by atomic mass is 10.1. The summed E-state index contributed by atoms with van der Waals surface area (Å²) in [7, 11) is 0. The molecule has 2 N–H and O–H groups in total. The average Bonchev–Trinajstić information content (AvgIpc) is 2.35. The van der Waals surface area contributed by atoms with Crippen LogP contribution in [0.5, 0.6) is 5.75 Å². The van der Waals surface area contributed by atoms with E-state index in [-0.39, 0.29) is 11.9 Å². The third-order valence-corrected chi connectivity index (χ3v) is 2.36. The number of aliphatic hydroxyl groups is 1. The largest absolute Gasteiger partial charge is 0.508 e. The van der Waals surface area contributed by atoms with Gasteiger partial charge in [0.1, 0.15) is 5.75 Å². The Morgan fingerprint density at radius 2 is 1.47 bits per heavy atom. The van der Waals surface area contributed by atoms with Gasteiger partial charge < -0.3 is 10.2 Å². The van der Waals surface area contributed by atoms with Crippen molar-refractivity contribution in [1.82, 2.24) is 0 Å². The minimum absolute atomic E-state index is 0.245. The van der Waals surface area contributed by atoms with E-state index in [4.69, 9.17) is 21.8 Å². The van der Waals surface area contributed by atoms with Gasteiger partial charge in [-0.15, -0.1) is 0 Å². The van der Waals surface area contributed by atoms with E-state index in [0.29, 0.717) is 5.02 Å². The fraction of sp³-hybridized carbons (Fsp3) is 0.143. The van der Waals surface area contributed by atoms with Crippen molar-refractivity contribution >= 4 is 11.6 Å². The number of benzene rings is 2. The molecule has 90 valence electrons. The molecule has 2 aromatic rings. The third-order valence-electron chi connectivity index (χ3n) is 2.11.